The Morgan fingerprint density at radius 2 is 1.90 bits per heavy atom. The number of alkyl halides is 3. The lowest BCUT2D eigenvalue weighted by Gasteiger charge is -2.33. The lowest BCUT2D eigenvalue weighted by Crippen LogP contribution is -2.57. The summed E-state index contributed by atoms with van der Waals surface area (Å²) < 4.78 is 37.2. The Bertz CT molecular complexity index is 609. The number of carboxylic acid groups (broad SMARTS) is 2. The molecule has 5 atom stereocenters. The van der Waals surface area contributed by atoms with Crippen molar-refractivity contribution in [3.05, 3.63) is 24.8 Å². The number of ether oxygens (including phenoxy) is 1. The van der Waals surface area contributed by atoms with Gasteiger partial charge in [-0.25, -0.2) is 4.79 Å². The van der Waals surface area contributed by atoms with Gasteiger partial charge in [0.1, 0.15) is 6.04 Å². The van der Waals surface area contributed by atoms with E-state index in [4.69, 9.17) is 14.6 Å². The van der Waals surface area contributed by atoms with Crippen LogP contribution in [0.5, 0.6) is 0 Å². The van der Waals surface area contributed by atoms with Gasteiger partial charge in [0.25, 0.3) is 0 Å². The van der Waals surface area contributed by atoms with Gasteiger partial charge < -0.3 is 20.3 Å². The maximum Gasteiger partial charge on any atom is 0.490 e. The fraction of sp³-hybridized carbons (Fsp3) is 0.611. The second-order valence-electron chi connectivity index (χ2n) is 6.34. The van der Waals surface area contributed by atoms with Crippen LogP contribution < -0.4 is 10.6 Å². The largest absolute Gasteiger partial charge is 0.490 e. The molecule has 1 heterocycles. The number of carbonyl (C=O) groups is 3. The molecule has 1 fully saturated rings. The highest BCUT2D eigenvalue weighted by Crippen LogP contribution is 2.27. The van der Waals surface area contributed by atoms with E-state index >= 15 is 0 Å². The summed E-state index contributed by atoms with van der Waals surface area (Å²) in [6.07, 6.45) is 1.33. The molecule has 4 N–H and O–H groups in total. The van der Waals surface area contributed by atoms with Crippen LogP contribution in [0.2, 0.25) is 0 Å². The van der Waals surface area contributed by atoms with Crippen LogP contribution >= 0.6 is 0 Å². The number of hydrogen-bond donors (Lipinski definition) is 4. The number of allylic oxidation sites excluding steroid dienone is 1. The molecule has 0 aromatic carbocycles. The minimum absolute atomic E-state index is 0.0189. The van der Waals surface area contributed by atoms with Gasteiger partial charge in [-0.1, -0.05) is 18.2 Å². The summed E-state index contributed by atoms with van der Waals surface area (Å²) in [6.45, 7) is 7.06. The Balaban J connectivity index is 0.000000956. The molecule has 1 aliphatic heterocycles. The maximum absolute atomic E-state index is 11.6. The number of nitrogens with one attached hydrogen (secondary N) is 2. The van der Waals surface area contributed by atoms with Crippen LogP contribution in [0.15, 0.2) is 24.8 Å². The normalized spacial score (nSPS) is 23.6. The summed E-state index contributed by atoms with van der Waals surface area (Å²) >= 11 is 0. The number of amides is 1. The van der Waals surface area contributed by atoms with Gasteiger partial charge in [-0.2, -0.15) is 13.2 Å². The van der Waals surface area contributed by atoms with Crippen molar-refractivity contribution in [3.63, 3.8) is 0 Å². The van der Waals surface area contributed by atoms with Gasteiger partial charge in [0, 0.05) is 20.1 Å². The van der Waals surface area contributed by atoms with Crippen LogP contribution in [0.25, 0.3) is 0 Å². The van der Waals surface area contributed by atoms with E-state index in [1.807, 2.05) is 19.1 Å². The standard InChI is InChI=1S/C16H26N2O4.C2HF3O2/c1-5-7-11-9-12(16(20)21)18-14(11)15(17-10(3)19)13(22-4)8-6-2;3-2(4,5)1(6)7/h5-7,11-15,18H,2,8-9H2,1,3-4H3,(H,17,19)(H,20,21);(H,6,7)/b7-5-;/t11-,12-,13-,14-,15+;/m1./s1. The van der Waals surface area contributed by atoms with Crippen molar-refractivity contribution in [2.24, 2.45) is 5.92 Å². The molecule has 0 aliphatic carbocycles. The Labute approximate surface area is 166 Å². The minimum atomic E-state index is -5.08. The number of carboxylic acids is 2. The molecule has 11 heteroatoms. The molecule has 8 nitrogen and oxygen atoms in total. The van der Waals surface area contributed by atoms with Gasteiger partial charge in [0.05, 0.1) is 12.1 Å². The second kappa shape index (κ2) is 12.2. The zero-order chi connectivity index (χ0) is 22.8. The van der Waals surface area contributed by atoms with E-state index in [1.54, 1.807) is 13.2 Å². The third-order valence-corrected chi connectivity index (χ3v) is 4.20. The van der Waals surface area contributed by atoms with Crippen LogP contribution in [0.1, 0.15) is 26.7 Å². The maximum atomic E-state index is 11.6. The van der Waals surface area contributed by atoms with Crippen molar-refractivity contribution in [3.8, 4) is 0 Å². The van der Waals surface area contributed by atoms with Crippen molar-refractivity contribution in [1.29, 1.82) is 0 Å². The second-order valence-corrected chi connectivity index (χ2v) is 6.34. The molecular formula is C18H27F3N2O6. The number of methoxy groups -OCH3 is 1. The van der Waals surface area contributed by atoms with Crippen LogP contribution in [0, 0.1) is 5.92 Å². The van der Waals surface area contributed by atoms with Gasteiger partial charge in [-0.05, 0) is 25.7 Å². The van der Waals surface area contributed by atoms with E-state index in [-0.39, 0.29) is 30.0 Å². The van der Waals surface area contributed by atoms with Gasteiger partial charge in [-0.3, -0.25) is 14.9 Å². The highest BCUT2D eigenvalue weighted by molar-refractivity contribution is 5.75. The monoisotopic (exact) mass is 424 g/mol. The smallest absolute Gasteiger partial charge is 0.480 e. The molecular weight excluding hydrogens is 397 g/mol. The third kappa shape index (κ3) is 9.09. The number of halogens is 3. The first-order valence-corrected chi connectivity index (χ1v) is 8.71. The first-order valence-electron chi connectivity index (χ1n) is 8.71. The van der Waals surface area contributed by atoms with Gasteiger partial charge in [0.15, 0.2) is 0 Å². The van der Waals surface area contributed by atoms with Crippen molar-refractivity contribution >= 4 is 17.8 Å². The summed E-state index contributed by atoms with van der Waals surface area (Å²) in [5.41, 5.74) is 0. The van der Waals surface area contributed by atoms with E-state index < -0.39 is 24.2 Å². The fourth-order valence-corrected chi connectivity index (χ4v) is 3.03. The predicted molar refractivity (Wildman–Crippen MR) is 98.2 cm³/mol. The van der Waals surface area contributed by atoms with Gasteiger partial charge >= 0.3 is 18.1 Å². The molecule has 166 valence electrons. The summed E-state index contributed by atoms with van der Waals surface area (Å²) in [5, 5.41) is 22.4. The molecule has 0 aromatic rings. The SMILES string of the molecule is C=CC[C@@H](OC)[C@H](NC(C)=O)[C@@H]1N[C@@H](C(=O)O)C[C@H]1/C=C\C.O=C(O)C(F)(F)F. The van der Waals surface area contributed by atoms with Crippen molar-refractivity contribution in [2.75, 3.05) is 7.11 Å². The summed E-state index contributed by atoms with van der Waals surface area (Å²) in [6, 6.07) is -1.15. The highest BCUT2D eigenvalue weighted by atomic mass is 19.4. The summed E-state index contributed by atoms with van der Waals surface area (Å²) in [4.78, 5) is 31.7. The topological polar surface area (TPSA) is 125 Å². The quantitative estimate of drug-likeness (QED) is 0.437. The number of hydrogen-bond acceptors (Lipinski definition) is 5. The Kier molecular flexibility index (Phi) is 11.2. The summed E-state index contributed by atoms with van der Waals surface area (Å²) in [5.74, 6) is -3.79. The Morgan fingerprint density at radius 1 is 1.34 bits per heavy atom. The first-order chi connectivity index (χ1) is 13.4. The number of aliphatic carboxylic acids is 2. The van der Waals surface area contributed by atoms with Crippen molar-refractivity contribution in [2.45, 2.75) is 57.1 Å². The zero-order valence-electron chi connectivity index (χ0n) is 16.4. The fourth-order valence-electron chi connectivity index (χ4n) is 3.03. The zero-order valence-corrected chi connectivity index (χ0v) is 16.4. The molecule has 0 spiro atoms. The van der Waals surface area contributed by atoms with E-state index in [0.717, 1.165) is 0 Å². The molecule has 1 rings (SSSR count). The van der Waals surface area contributed by atoms with E-state index in [1.165, 1.54) is 6.92 Å². The molecule has 0 bridgehead atoms. The third-order valence-electron chi connectivity index (χ3n) is 4.20. The Hall–Kier alpha value is -2.40. The van der Waals surface area contributed by atoms with Crippen LogP contribution in [0.4, 0.5) is 13.2 Å². The number of carbonyl (C=O) groups excluding carboxylic acids is 1. The highest BCUT2D eigenvalue weighted by Gasteiger charge is 2.43. The van der Waals surface area contributed by atoms with Crippen LogP contribution in [0.3, 0.4) is 0 Å². The van der Waals surface area contributed by atoms with Crippen molar-refractivity contribution < 1.29 is 42.5 Å². The van der Waals surface area contributed by atoms with E-state index in [0.29, 0.717) is 12.8 Å². The lowest BCUT2D eigenvalue weighted by molar-refractivity contribution is -0.192. The average Bonchev–Trinajstić information content (AvgIpc) is 3.02. The molecule has 1 amide bonds. The predicted octanol–water partition coefficient (Wildman–Crippen LogP) is 1.72. The summed E-state index contributed by atoms with van der Waals surface area (Å²) in [7, 11) is 1.58. The van der Waals surface area contributed by atoms with Crippen molar-refractivity contribution in [1.82, 2.24) is 10.6 Å². The molecule has 1 aliphatic rings. The first kappa shape index (κ1) is 26.6. The minimum Gasteiger partial charge on any atom is -0.480 e. The lowest BCUT2D eigenvalue weighted by atomic mass is 9.89. The van der Waals surface area contributed by atoms with Crippen LogP contribution in [-0.4, -0.2) is 65.6 Å². The molecule has 0 unspecified atom stereocenters. The van der Waals surface area contributed by atoms with Crippen LogP contribution in [-0.2, 0) is 19.1 Å². The molecule has 1 saturated heterocycles. The van der Waals surface area contributed by atoms with Gasteiger partial charge in [0.2, 0.25) is 5.91 Å². The number of rotatable bonds is 8. The Morgan fingerprint density at radius 3 is 2.24 bits per heavy atom. The van der Waals surface area contributed by atoms with Gasteiger partial charge in [-0.15, -0.1) is 6.58 Å². The van der Waals surface area contributed by atoms with E-state index in [2.05, 4.69) is 17.2 Å². The average molecular weight is 424 g/mol. The van der Waals surface area contributed by atoms with E-state index in [9.17, 15) is 27.9 Å². The molecule has 0 radical (unpaired) electrons. The molecule has 0 aromatic heterocycles. The molecule has 29 heavy (non-hydrogen) atoms. The molecule has 0 saturated carbocycles.